The monoisotopic (exact) mass is 260 g/mol. The first-order valence-electron chi connectivity index (χ1n) is 6.35. The Morgan fingerprint density at radius 2 is 1.74 bits per heavy atom. The third-order valence-electron chi connectivity index (χ3n) is 4.04. The molecule has 0 bridgehead atoms. The molecule has 2 aliphatic rings. The number of likely N-dealkylation sites (tertiary alicyclic amines) is 1. The van der Waals surface area contributed by atoms with Gasteiger partial charge < -0.3 is 10.5 Å². The molecule has 3 rings (SSSR count). The van der Waals surface area contributed by atoms with Crippen LogP contribution >= 0.6 is 0 Å². The van der Waals surface area contributed by atoms with Crippen LogP contribution in [0.25, 0.3) is 0 Å². The number of hydrogen-bond donors (Lipinski definition) is 1. The Morgan fingerprint density at radius 1 is 1.16 bits per heavy atom. The molecule has 2 unspecified atom stereocenters. The summed E-state index contributed by atoms with van der Waals surface area (Å²) < 4.78 is 5.07. The van der Waals surface area contributed by atoms with Gasteiger partial charge in [-0.15, -0.1) is 0 Å². The standard InChI is InChI=1S/C14H16N2O3/c1-19-9-4-2-8(3-5-9)7-16-13(17)11-10(6-15)12(11)14(16)18/h2-5,10-12H,6-7,15H2,1H3. The maximum absolute atomic E-state index is 12.1. The van der Waals surface area contributed by atoms with Crippen LogP contribution in [0.5, 0.6) is 5.75 Å². The van der Waals surface area contributed by atoms with Crippen LogP contribution in [0.4, 0.5) is 0 Å². The molecule has 1 aromatic carbocycles. The van der Waals surface area contributed by atoms with Gasteiger partial charge in [0.1, 0.15) is 5.75 Å². The summed E-state index contributed by atoms with van der Waals surface area (Å²) in [6, 6.07) is 7.38. The molecule has 2 fully saturated rings. The predicted molar refractivity (Wildman–Crippen MR) is 68.1 cm³/mol. The summed E-state index contributed by atoms with van der Waals surface area (Å²) in [5, 5.41) is 0. The number of ether oxygens (including phenoxy) is 1. The normalized spacial score (nSPS) is 28.5. The minimum atomic E-state index is -0.157. The van der Waals surface area contributed by atoms with Crippen LogP contribution in [0.3, 0.4) is 0 Å². The summed E-state index contributed by atoms with van der Waals surface area (Å²) in [5.74, 6) is 0.384. The molecule has 1 aliphatic carbocycles. The third-order valence-corrected chi connectivity index (χ3v) is 4.04. The van der Waals surface area contributed by atoms with E-state index in [-0.39, 0.29) is 29.6 Å². The van der Waals surface area contributed by atoms with E-state index in [4.69, 9.17) is 10.5 Å². The highest BCUT2D eigenvalue weighted by Gasteiger charge is 2.66. The van der Waals surface area contributed by atoms with Gasteiger partial charge in [0.2, 0.25) is 11.8 Å². The average molecular weight is 260 g/mol. The lowest BCUT2D eigenvalue weighted by atomic mass is 10.2. The maximum Gasteiger partial charge on any atom is 0.233 e. The quantitative estimate of drug-likeness (QED) is 0.795. The number of nitrogens with two attached hydrogens (primary N) is 1. The number of rotatable bonds is 4. The van der Waals surface area contributed by atoms with E-state index < -0.39 is 0 Å². The molecule has 1 saturated carbocycles. The summed E-state index contributed by atoms with van der Waals surface area (Å²) in [6.07, 6.45) is 0. The first-order valence-corrected chi connectivity index (χ1v) is 6.35. The maximum atomic E-state index is 12.1. The highest BCUT2D eigenvalue weighted by molar-refractivity contribution is 6.09. The van der Waals surface area contributed by atoms with Crippen molar-refractivity contribution in [3.8, 4) is 5.75 Å². The SMILES string of the molecule is COc1ccc(CN2C(=O)C3C(CN)C3C2=O)cc1. The number of methoxy groups -OCH3 is 1. The van der Waals surface area contributed by atoms with Crippen molar-refractivity contribution in [1.29, 1.82) is 0 Å². The minimum Gasteiger partial charge on any atom is -0.497 e. The molecule has 2 amide bonds. The van der Waals surface area contributed by atoms with Crippen LogP contribution in [0.1, 0.15) is 5.56 Å². The molecular weight excluding hydrogens is 244 g/mol. The average Bonchev–Trinajstić information content (AvgIpc) is 3.12. The number of imide groups is 1. The number of carbonyl (C=O) groups is 2. The van der Waals surface area contributed by atoms with Crippen LogP contribution in [0.2, 0.25) is 0 Å². The minimum absolute atomic E-state index is 0.0683. The zero-order chi connectivity index (χ0) is 13.6. The molecular formula is C14H16N2O3. The number of amides is 2. The Morgan fingerprint density at radius 3 is 2.21 bits per heavy atom. The van der Waals surface area contributed by atoms with Crippen molar-refractivity contribution in [3.05, 3.63) is 29.8 Å². The van der Waals surface area contributed by atoms with E-state index in [9.17, 15) is 9.59 Å². The van der Waals surface area contributed by atoms with Crippen LogP contribution < -0.4 is 10.5 Å². The molecule has 0 radical (unpaired) electrons. The molecule has 19 heavy (non-hydrogen) atoms. The lowest BCUT2D eigenvalue weighted by Gasteiger charge is -2.18. The van der Waals surface area contributed by atoms with Crippen LogP contribution in [0.15, 0.2) is 24.3 Å². The topological polar surface area (TPSA) is 72.6 Å². The zero-order valence-electron chi connectivity index (χ0n) is 10.7. The molecule has 1 saturated heterocycles. The molecule has 1 aliphatic heterocycles. The highest BCUT2D eigenvalue weighted by atomic mass is 16.5. The van der Waals surface area contributed by atoms with Gasteiger partial charge >= 0.3 is 0 Å². The summed E-state index contributed by atoms with van der Waals surface area (Å²) in [4.78, 5) is 25.5. The van der Waals surface area contributed by atoms with E-state index in [1.54, 1.807) is 7.11 Å². The highest BCUT2D eigenvalue weighted by Crippen LogP contribution is 2.52. The van der Waals surface area contributed by atoms with Gasteiger partial charge in [-0.1, -0.05) is 12.1 Å². The fourth-order valence-corrected chi connectivity index (χ4v) is 2.88. The molecule has 1 aromatic rings. The Labute approximate surface area is 111 Å². The molecule has 5 nitrogen and oxygen atoms in total. The van der Waals surface area contributed by atoms with Crippen molar-refractivity contribution in [2.24, 2.45) is 23.5 Å². The fourth-order valence-electron chi connectivity index (χ4n) is 2.88. The number of benzene rings is 1. The zero-order valence-corrected chi connectivity index (χ0v) is 10.7. The van der Waals surface area contributed by atoms with Gasteiger partial charge in [-0.25, -0.2) is 0 Å². The molecule has 5 heteroatoms. The number of fused-ring (bicyclic) bond motifs is 1. The largest absolute Gasteiger partial charge is 0.497 e. The van der Waals surface area contributed by atoms with E-state index >= 15 is 0 Å². The number of nitrogens with zero attached hydrogens (tertiary/aromatic N) is 1. The summed E-state index contributed by atoms with van der Waals surface area (Å²) in [7, 11) is 1.60. The van der Waals surface area contributed by atoms with E-state index in [1.165, 1.54) is 4.90 Å². The lowest BCUT2D eigenvalue weighted by Crippen LogP contribution is -2.35. The Hall–Kier alpha value is -1.88. The fraction of sp³-hybridized carbons (Fsp3) is 0.429. The third kappa shape index (κ3) is 1.81. The predicted octanol–water partition coefficient (Wildman–Crippen LogP) is 0.385. The Balaban J connectivity index is 1.71. The van der Waals surface area contributed by atoms with Gasteiger partial charge in [-0.2, -0.15) is 0 Å². The van der Waals surface area contributed by atoms with Crippen LogP contribution in [-0.2, 0) is 16.1 Å². The van der Waals surface area contributed by atoms with Crippen molar-refractivity contribution >= 4 is 11.8 Å². The van der Waals surface area contributed by atoms with E-state index in [1.807, 2.05) is 24.3 Å². The summed E-state index contributed by atoms with van der Waals surface area (Å²) in [6.45, 7) is 0.759. The van der Waals surface area contributed by atoms with Crippen molar-refractivity contribution < 1.29 is 14.3 Å². The second-order valence-electron chi connectivity index (χ2n) is 5.06. The first kappa shape index (κ1) is 12.2. The van der Waals surface area contributed by atoms with Gasteiger partial charge in [0.05, 0.1) is 25.5 Å². The number of hydrogen-bond acceptors (Lipinski definition) is 4. The number of piperidine rings is 1. The van der Waals surface area contributed by atoms with E-state index in [0.29, 0.717) is 13.1 Å². The van der Waals surface area contributed by atoms with Crippen molar-refractivity contribution in [1.82, 2.24) is 4.90 Å². The molecule has 0 spiro atoms. The molecule has 1 heterocycles. The smallest absolute Gasteiger partial charge is 0.233 e. The number of carbonyl (C=O) groups excluding carboxylic acids is 2. The van der Waals surface area contributed by atoms with E-state index in [0.717, 1.165) is 11.3 Å². The van der Waals surface area contributed by atoms with Gasteiger partial charge in [-0.3, -0.25) is 14.5 Å². The summed E-state index contributed by atoms with van der Waals surface area (Å²) >= 11 is 0. The molecule has 2 atom stereocenters. The van der Waals surface area contributed by atoms with Crippen molar-refractivity contribution in [2.75, 3.05) is 13.7 Å². The van der Waals surface area contributed by atoms with Gasteiger partial charge in [-0.05, 0) is 30.2 Å². The van der Waals surface area contributed by atoms with Gasteiger partial charge in [0.25, 0.3) is 0 Å². The second kappa shape index (κ2) is 4.35. The molecule has 0 aromatic heterocycles. The second-order valence-corrected chi connectivity index (χ2v) is 5.06. The molecule has 2 N–H and O–H groups in total. The van der Waals surface area contributed by atoms with Crippen molar-refractivity contribution in [3.63, 3.8) is 0 Å². The van der Waals surface area contributed by atoms with Crippen LogP contribution in [0, 0.1) is 17.8 Å². The first-order chi connectivity index (χ1) is 9.17. The Kier molecular flexibility index (Phi) is 2.78. The van der Waals surface area contributed by atoms with E-state index in [2.05, 4.69) is 0 Å². The van der Waals surface area contributed by atoms with Gasteiger partial charge in [0.15, 0.2) is 0 Å². The lowest BCUT2D eigenvalue weighted by molar-refractivity contribution is -0.142. The molecule has 100 valence electrons. The van der Waals surface area contributed by atoms with Crippen molar-refractivity contribution in [2.45, 2.75) is 6.54 Å². The Bertz CT molecular complexity index is 504. The van der Waals surface area contributed by atoms with Gasteiger partial charge in [0, 0.05) is 0 Å². The summed E-state index contributed by atoms with van der Waals surface area (Å²) in [5.41, 5.74) is 6.47. The van der Waals surface area contributed by atoms with Crippen LogP contribution in [-0.4, -0.2) is 30.4 Å².